The van der Waals surface area contributed by atoms with Gasteiger partial charge in [0.2, 0.25) is 5.91 Å². The van der Waals surface area contributed by atoms with Gasteiger partial charge in [-0.05, 0) is 45.1 Å². The van der Waals surface area contributed by atoms with Crippen LogP contribution < -0.4 is 16.6 Å². The Kier molecular flexibility index (Phi) is 14.3. The number of amides is 1. The van der Waals surface area contributed by atoms with Crippen LogP contribution in [0.2, 0.25) is 0 Å². The number of phosphoric ester groups is 1. The van der Waals surface area contributed by atoms with Gasteiger partial charge in [0.05, 0.1) is 24.9 Å². The summed E-state index contributed by atoms with van der Waals surface area (Å²) < 4.78 is 33.0. The van der Waals surface area contributed by atoms with Crippen LogP contribution in [-0.4, -0.2) is 62.6 Å². The highest BCUT2D eigenvalue weighted by Crippen LogP contribution is 2.51. The molecule has 17 heteroatoms. The number of phosphoric acid groups is 1. The number of nitrogens with zero attached hydrogens (tertiary/aromatic N) is 5. The summed E-state index contributed by atoms with van der Waals surface area (Å²) in [5.41, 5.74) is -2.18. The molecule has 3 aromatic heterocycles. The van der Waals surface area contributed by atoms with Gasteiger partial charge < -0.3 is 29.6 Å². The molecule has 288 valence electrons. The fourth-order valence-corrected chi connectivity index (χ4v) is 8.10. The van der Waals surface area contributed by atoms with Crippen molar-refractivity contribution in [1.29, 1.82) is 0 Å². The first-order valence-electron chi connectivity index (χ1n) is 18.8. The van der Waals surface area contributed by atoms with Crippen molar-refractivity contribution >= 4 is 30.7 Å². The van der Waals surface area contributed by atoms with Crippen LogP contribution in [0, 0.1) is 0 Å². The average molecular weight is 748 g/mol. The summed E-state index contributed by atoms with van der Waals surface area (Å²) in [6.07, 6.45) is 18.8. The van der Waals surface area contributed by atoms with E-state index in [2.05, 4.69) is 32.2 Å². The molecule has 3 aromatic rings. The Morgan fingerprint density at radius 3 is 2.08 bits per heavy atom. The zero-order chi connectivity index (χ0) is 37.1. The highest BCUT2D eigenvalue weighted by molar-refractivity contribution is 7.46. The number of fused-ring (bicyclic) bond motifs is 1. The first-order chi connectivity index (χ1) is 25.0. The normalized spacial score (nSPS) is 21.8. The lowest BCUT2D eigenvalue weighted by Gasteiger charge is -2.39. The molecule has 0 saturated carbocycles. The maximum absolute atomic E-state index is 13.0. The first kappa shape index (κ1) is 39.9. The van der Waals surface area contributed by atoms with Crippen molar-refractivity contribution in [1.82, 2.24) is 29.1 Å². The molecule has 2 fully saturated rings. The van der Waals surface area contributed by atoms with Gasteiger partial charge in [-0.3, -0.25) is 23.2 Å². The predicted molar refractivity (Wildman–Crippen MR) is 193 cm³/mol. The fraction of sp³-hybridized carbons (Fsp3) is 0.714. The number of aromatic nitrogens is 6. The quantitative estimate of drug-likeness (QED) is 0.0728. The number of ether oxygens (including phenoxy) is 2. The minimum atomic E-state index is -5.02. The number of anilines is 1. The minimum Gasteiger partial charge on any atom is -0.352 e. The zero-order valence-electron chi connectivity index (χ0n) is 30.3. The molecular weight excluding hydrogens is 693 g/mol. The smallest absolute Gasteiger partial charge is 0.352 e. The van der Waals surface area contributed by atoms with E-state index in [9.17, 15) is 28.7 Å². The van der Waals surface area contributed by atoms with E-state index in [4.69, 9.17) is 14.0 Å². The van der Waals surface area contributed by atoms with E-state index in [0.717, 1.165) is 19.3 Å². The molecule has 2 aliphatic rings. The van der Waals surface area contributed by atoms with E-state index in [0.29, 0.717) is 37.8 Å². The van der Waals surface area contributed by atoms with Crippen molar-refractivity contribution in [3.63, 3.8) is 0 Å². The molecule has 0 aliphatic carbocycles. The van der Waals surface area contributed by atoms with Gasteiger partial charge in [0.25, 0.3) is 5.56 Å². The lowest BCUT2D eigenvalue weighted by atomic mass is 9.89. The molecule has 16 nitrogen and oxygen atoms in total. The SMILES string of the molecule is CCCCCCCCCCCCCCCC(=O)Nc1ccn(C2CCC(C(C)(OP(=O)(O)O)C3CCC(n4cnc5c(=O)[nH]cnc54)O3)O2)c(=O)n1. The van der Waals surface area contributed by atoms with E-state index >= 15 is 0 Å². The van der Waals surface area contributed by atoms with Crippen LogP contribution in [0.15, 0.2) is 34.5 Å². The number of nitrogens with one attached hydrogen (secondary N) is 2. The van der Waals surface area contributed by atoms with Crippen LogP contribution in [0.3, 0.4) is 0 Å². The molecule has 52 heavy (non-hydrogen) atoms. The molecule has 0 bridgehead atoms. The topological polar surface area (TPSA) is 213 Å². The predicted octanol–water partition coefficient (Wildman–Crippen LogP) is 6.02. The summed E-state index contributed by atoms with van der Waals surface area (Å²) in [6, 6.07) is 1.53. The number of rotatable bonds is 21. The first-order valence-corrected chi connectivity index (χ1v) is 20.4. The van der Waals surface area contributed by atoms with Gasteiger partial charge in [-0.2, -0.15) is 4.98 Å². The summed E-state index contributed by atoms with van der Waals surface area (Å²) >= 11 is 0. The number of hydrogen-bond acceptors (Lipinski definition) is 10. The van der Waals surface area contributed by atoms with E-state index in [1.54, 1.807) is 4.57 Å². The third kappa shape index (κ3) is 10.7. The van der Waals surface area contributed by atoms with Gasteiger partial charge in [0.15, 0.2) is 11.2 Å². The second-order valence-corrected chi connectivity index (χ2v) is 15.3. The van der Waals surface area contributed by atoms with Crippen LogP contribution >= 0.6 is 7.82 Å². The van der Waals surface area contributed by atoms with E-state index in [1.165, 1.54) is 101 Å². The van der Waals surface area contributed by atoms with Crippen LogP contribution in [0.5, 0.6) is 0 Å². The van der Waals surface area contributed by atoms with Crippen LogP contribution in [0.25, 0.3) is 11.2 Å². The van der Waals surface area contributed by atoms with Gasteiger partial charge in [-0.25, -0.2) is 19.3 Å². The molecule has 2 aliphatic heterocycles. The Bertz CT molecular complexity index is 1770. The number of hydrogen-bond donors (Lipinski definition) is 4. The van der Waals surface area contributed by atoms with Crippen molar-refractivity contribution in [2.45, 2.75) is 160 Å². The molecule has 4 N–H and O–H groups in total. The number of unbranched alkanes of at least 4 members (excludes halogenated alkanes) is 12. The Morgan fingerprint density at radius 2 is 1.50 bits per heavy atom. The molecule has 5 atom stereocenters. The molecule has 1 amide bonds. The van der Waals surface area contributed by atoms with Crippen molar-refractivity contribution in [3.8, 4) is 0 Å². The van der Waals surface area contributed by atoms with Crippen molar-refractivity contribution in [2.24, 2.45) is 0 Å². The van der Waals surface area contributed by atoms with Crippen molar-refractivity contribution < 1.29 is 33.1 Å². The Labute approximate surface area is 303 Å². The van der Waals surface area contributed by atoms with Gasteiger partial charge in [-0.15, -0.1) is 0 Å². The molecular formula is C35H54N7O9P. The van der Waals surface area contributed by atoms with E-state index < -0.39 is 49.3 Å². The van der Waals surface area contributed by atoms with Crippen molar-refractivity contribution in [2.75, 3.05) is 5.32 Å². The highest BCUT2D eigenvalue weighted by atomic mass is 31.2. The van der Waals surface area contributed by atoms with E-state index in [1.807, 2.05) is 0 Å². The molecule has 0 aromatic carbocycles. The van der Waals surface area contributed by atoms with Crippen LogP contribution in [-0.2, 0) is 23.4 Å². The van der Waals surface area contributed by atoms with Crippen LogP contribution in [0.4, 0.5) is 5.82 Å². The third-order valence-electron chi connectivity index (χ3n) is 10.2. The number of aromatic amines is 1. The Hall–Kier alpha value is -3.27. The largest absolute Gasteiger partial charge is 0.470 e. The molecule has 5 rings (SSSR count). The molecule has 5 unspecified atom stereocenters. The van der Waals surface area contributed by atoms with Crippen LogP contribution in [0.1, 0.15) is 142 Å². The lowest BCUT2D eigenvalue weighted by Crippen LogP contribution is -2.51. The standard InChI is InChI=1S/C35H54N7O9P/c1-3-4-5-6-7-8-9-10-11-12-13-14-15-16-28(43)39-27-21-22-41(34(45)40-27)29-19-17-25(49-29)35(2,51-52(46,47)48)26-18-20-30(50-26)42-24-38-31-32(42)36-23-37-33(31)44/h21-26,29-30H,3-20H2,1-2H3,(H,36,37,44)(H2,46,47,48)(H,39,40,43,45). The third-order valence-corrected chi connectivity index (χ3v) is 10.8. The lowest BCUT2D eigenvalue weighted by molar-refractivity contribution is -0.171. The maximum Gasteiger partial charge on any atom is 0.470 e. The van der Waals surface area contributed by atoms with Gasteiger partial charge in [-0.1, -0.05) is 84.0 Å². The van der Waals surface area contributed by atoms with Gasteiger partial charge >= 0.3 is 13.5 Å². The summed E-state index contributed by atoms with van der Waals surface area (Å²) in [5, 5.41) is 2.71. The number of H-pyrrole nitrogens is 1. The molecule has 5 heterocycles. The fourth-order valence-electron chi connectivity index (χ4n) is 7.36. The average Bonchev–Trinajstić information content (AvgIpc) is 3.87. The van der Waals surface area contributed by atoms with E-state index in [-0.39, 0.29) is 17.2 Å². The highest BCUT2D eigenvalue weighted by Gasteiger charge is 2.53. The maximum atomic E-state index is 13.0. The van der Waals surface area contributed by atoms with Gasteiger partial charge in [0.1, 0.15) is 23.9 Å². The van der Waals surface area contributed by atoms with Crippen molar-refractivity contribution in [3.05, 3.63) is 45.8 Å². The second-order valence-electron chi connectivity index (χ2n) is 14.2. The monoisotopic (exact) mass is 747 g/mol. The number of carbonyl (C=O) groups is 1. The summed E-state index contributed by atoms with van der Waals surface area (Å²) in [6.45, 7) is 3.77. The molecule has 2 saturated heterocycles. The molecule has 0 spiro atoms. The summed E-state index contributed by atoms with van der Waals surface area (Å²) in [5.74, 6) is -0.0459. The minimum absolute atomic E-state index is 0.144. The Morgan fingerprint density at radius 1 is 0.923 bits per heavy atom. The molecule has 0 radical (unpaired) electrons. The van der Waals surface area contributed by atoms with Gasteiger partial charge in [0, 0.05) is 12.6 Å². The number of carbonyl (C=O) groups excluding carboxylic acids is 1. The summed E-state index contributed by atoms with van der Waals surface area (Å²) in [7, 11) is -5.02. The Balaban J connectivity index is 1.09. The second kappa shape index (κ2) is 18.7. The summed E-state index contributed by atoms with van der Waals surface area (Å²) in [4.78, 5) is 72.4. The zero-order valence-corrected chi connectivity index (χ0v) is 31.2. The number of imidazole rings is 1.